The van der Waals surface area contributed by atoms with Gasteiger partial charge in [-0.2, -0.15) is 0 Å². The summed E-state index contributed by atoms with van der Waals surface area (Å²) in [6.07, 6.45) is 3.76. The van der Waals surface area contributed by atoms with Crippen molar-refractivity contribution in [3.05, 3.63) is 0 Å². The summed E-state index contributed by atoms with van der Waals surface area (Å²) in [4.78, 5) is 32.0. The van der Waals surface area contributed by atoms with Gasteiger partial charge in [0.25, 0.3) is 0 Å². The maximum Gasteiger partial charge on any atom is 0.410 e. The van der Waals surface area contributed by atoms with E-state index >= 15 is 0 Å². The van der Waals surface area contributed by atoms with Crippen LogP contribution in [0.4, 0.5) is 4.79 Å². The van der Waals surface area contributed by atoms with Crippen LogP contribution >= 0.6 is 24.0 Å². The number of hydrogen-bond acceptors (Lipinski definition) is 5. The normalized spacial score (nSPS) is 22.2. The highest BCUT2D eigenvalue weighted by molar-refractivity contribution is 14.0. The monoisotopic (exact) mass is 539 g/mol. The van der Waals surface area contributed by atoms with Crippen LogP contribution in [0, 0.1) is 0 Å². The minimum atomic E-state index is -0.514. The molecular formula is C20H38IN5O4. The lowest BCUT2D eigenvalue weighted by Crippen LogP contribution is -2.54. The highest BCUT2D eigenvalue weighted by Gasteiger charge is 2.28. The van der Waals surface area contributed by atoms with Crippen LogP contribution in [0.2, 0.25) is 0 Å². The van der Waals surface area contributed by atoms with Crippen molar-refractivity contribution in [1.82, 2.24) is 20.4 Å². The molecule has 0 spiro atoms. The van der Waals surface area contributed by atoms with Crippen LogP contribution < -0.4 is 10.6 Å². The van der Waals surface area contributed by atoms with E-state index in [9.17, 15) is 9.59 Å². The topological polar surface area (TPSA) is 95.5 Å². The number of rotatable bonds is 5. The van der Waals surface area contributed by atoms with E-state index in [1.807, 2.05) is 20.8 Å². The molecule has 0 aromatic heterocycles. The van der Waals surface area contributed by atoms with Gasteiger partial charge in [0, 0.05) is 46.4 Å². The zero-order chi connectivity index (χ0) is 21.4. The smallest absolute Gasteiger partial charge is 0.410 e. The predicted molar refractivity (Wildman–Crippen MR) is 127 cm³/mol. The van der Waals surface area contributed by atoms with Crippen LogP contribution in [0.3, 0.4) is 0 Å². The third-order valence-corrected chi connectivity index (χ3v) is 4.81. The van der Waals surface area contributed by atoms with Crippen LogP contribution in [-0.2, 0) is 14.3 Å². The van der Waals surface area contributed by atoms with Crippen molar-refractivity contribution in [3.63, 3.8) is 0 Å². The molecule has 2 atom stereocenters. The molecule has 9 nitrogen and oxygen atoms in total. The zero-order valence-electron chi connectivity index (χ0n) is 18.9. The Balaban J connectivity index is 0.00000450. The number of amides is 2. The van der Waals surface area contributed by atoms with Gasteiger partial charge in [0.2, 0.25) is 5.91 Å². The molecular weight excluding hydrogens is 501 g/mol. The van der Waals surface area contributed by atoms with Crippen LogP contribution in [0.25, 0.3) is 0 Å². The number of guanidine groups is 1. The van der Waals surface area contributed by atoms with Gasteiger partial charge in [-0.1, -0.05) is 0 Å². The van der Waals surface area contributed by atoms with Crippen molar-refractivity contribution >= 4 is 41.9 Å². The van der Waals surface area contributed by atoms with Crippen LogP contribution in [0.15, 0.2) is 4.99 Å². The Bertz CT molecular complexity index is 588. The minimum absolute atomic E-state index is 0. The molecule has 10 heteroatoms. The Morgan fingerprint density at radius 2 is 1.97 bits per heavy atom. The molecule has 174 valence electrons. The fourth-order valence-electron chi connectivity index (χ4n) is 3.24. The number of likely N-dealkylation sites (N-methyl/N-ethyl adjacent to an activating group) is 1. The summed E-state index contributed by atoms with van der Waals surface area (Å²) in [6, 6.07) is 0.0430. The highest BCUT2D eigenvalue weighted by atomic mass is 127. The second-order valence-electron chi connectivity index (χ2n) is 8.88. The van der Waals surface area contributed by atoms with E-state index in [1.165, 1.54) is 4.90 Å². The first-order valence-electron chi connectivity index (χ1n) is 10.5. The van der Waals surface area contributed by atoms with Gasteiger partial charge in [0.15, 0.2) is 5.96 Å². The van der Waals surface area contributed by atoms with Gasteiger partial charge in [-0.05, 0) is 46.5 Å². The van der Waals surface area contributed by atoms with Crippen molar-refractivity contribution in [2.45, 2.75) is 64.2 Å². The van der Waals surface area contributed by atoms with Gasteiger partial charge in [-0.3, -0.25) is 4.79 Å². The molecule has 30 heavy (non-hydrogen) atoms. The van der Waals surface area contributed by atoms with Gasteiger partial charge in [-0.15, -0.1) is 24.0 Å². The third kappa shape index (κ3) is 9.67. The lowest BCUT2D eigenvalue weighted by molar-refractivity contribution is -0.127. The first-order valence-corrected chi connectivity index (χ1v) is 10.5. The van der Waals surface area contributed by atoms with Gasteiger partial charge >= 0.3 is 6.09 Å². The Kier molecular flexibility index (Phi) is 11.2. The Labute approximate surface area is 197 Å². The van der Waals surface area contributed by atoms with Gasteiger partial charge in [-0.25, -0.2) is 9.79 Å². The van der Waals surface area contributed by atoms with Crippen molar-refractivity contribution in [1.29, 1.82) is 0 Å². The van der Waals surface area contributed by atoms with E-state index in [4.69, 9.17) is 9.47 Å². The van der Waals surface area contributed by atoms with E-state index in [0.717, 1.165) is 32.3 Å². The van der Waals surface area contributed by atoms with Crippen molar-refractivity contribution < 1.29 is 19.1 Å². The average Bonchev–Trinajstić information content (AvgIpc) is 3.16. The molecule has 0 radical (unpaired) electrons. The Hall–Kier alpha value is -1.30. The Morgan fingerprint density at radius 1 is 1.23 bits per heavy atom. The zero-order valence-corrected chi connectivity index (χ0v) is 21.2. The number of ether oxygens (including phenoxy) is 2. The van der Waals surface area contributed by atoms with E-state index in [0.29, 0.717) is 25.6 Å². The molecule has 2 saturated heterocycles. The highest BCUT2D eigenvalue weighted by Crippen LogP contribution is 2.15. The van der Waals surface area contributed by atoms with Crippen molar-refractivity contribution in [2.24, 2.45) is 4.99 Å². The van der Waals surface area contributed by atoms with Crippen molar-refractivity contribution in [3.8, 4) is 0 Å². The summed E-state index contributed by atoms with van der Waals surface area (Å²) >= 11 is 0. The van der Waals surface area contributed by atoms with E-state index in [2.05, 4.69) is 15.6 Å². The number of carbonyl (C=O) groups is 2. The molecule has 0 aromatic rings. The maximum atomic E-state index is 12.4. The third-order valence-electron chi connectivity index (χ3n) is 4.81. The first-order chi connectivity index (χ1) is 13.6. The molecule has 0 aliphatic carbocycles. The quantitative estimate of drug-likeness (QED) is 0.315. The number of halogens is 1. The molecule has 2 unspecified atom stereocenters. The number of nitrogens with one attached hydrogen (secondary N) is 2. The summed E-state index contributed by atoms with van der Waals surface area (Å²) < 4.78 is 11.2. The molecule has 2 aliphatic rings. The molecule has 2 heterocycles. The number of piperidine rings is 1. The van der Waals surface area contributed by atoms with Gasteiger partial charge in [0.1, 0.15) is 12.1 Å². The van der Waals surface area contributed by atoms with E-state index < -0.39 is 5.60 Å². The summed E-state index contributed by atoms with van der Waals surface area (Å²) in [5.41, 5.74) is -0.514. The summed E-state index contributed by atoms with van der Waals surface area (Å²) in [7, 11) is 3.43. The fourth-order valence-corrected chi connectivity index (χ4v) is 3.24. The lowest BCUT2D eigenvalue weighted by atomic mass is 10.1. The summed E-state index contributed by atoms with van der Waals surface area (Å²) in [5.74, 6) is 0.508. The molecule has 2 N–H and O–H groups in total. The maximum absolute atomic E-state index is 12.4. The standard InChI is InChI=1S/C20H37N5O4.HI/c1-20(2,3)29-19(27)25-10-6-8-15(14-25)23-18(22-13-17(26)24(4)5)21-12-16-9-7-11-28-16;/h15-16H,6-14H2,1-5H3,(H2,21,22,23);1H. The molecule has 2 aliphatic heterocycles. The SMILES string of the molecule is CN(C)C(=O)CN=C(NCC1CCCO1)NC1CCCN(C(=O)OC(C)(C)C)C1.I. The fraction of sp³-hybridized carbons (Fsp3) is 0.850. The summed E-state index contributed by atoms with van der Waals surface area (Å²) in [5, 5.41) is 6.68. The predicted octanol–water partition coefficient (Wildman–Crippen LogP) is 1.81. The molecule has 0 bridgehead atoms. The second-order valence-corrected chi connectivity index (χ2v) is 8.88. The molecule has 0 saturated carbocycles. The van der Waals surface area contributed by atoms with Crippen LogP contribution in [0.5, 0.6) is 0 Å². The number of likely N-dealkylation sites (tertiary alicyclic amines) is 1. The number of carbonyl (C=O) groups excluding carboxylic acids is 2. The lowest BCUT2D eigenvalue weighted by Gasteiger charge is -2.35. The van der Waals surface area contributed by atoms with E-state index in [1.54, 1.807) is 19.0 Å². The molecule has 2 amide bonds. The first kappa shape index (κ1) is 26.7. The number of aliphatic imine (C=N–C) groups is 1. The van der Waals surface area contributed by atoms with Crippen LogP contribution in [0.1, 0.15) is 46.5 Å². The largest absolute Gasteiger partial charge is 0.444 e. The number of nitrogens with zero attached hydrogens (tertiary/aromatic N) is 3. The molecule has 2 rings (SSSR count). The Morgan fingerprint density at radius 3 is 2.57 bits per heavy atom. The minimum Gasteiger partial charge on any atom is -0.444 e. The number of hydrogen-bond donors (Lipinski definition) is 2. The summed E-state index contributed by atoms with van der Waals surface area (Å²) in [6.45, 7) is 8.32. The van der Waals surface area contributed by atoms with Gasteiger partial charge < -0.3 is 29.9 Å². The molecule has 2 fully saturated rings. The molecule has 0 aromatic carbocycles. The van der Waals surface area contributed by atoms with Crippen molar-refractivity contribution in [2.75, 3.05) is 46.9 Å². The van der Waals surface area contributed by atoms with E-state index in [-0.39, 0.29) is 54.7 Å². The van der Waals surface area contributed by atoms with Gasteiger partial charge in [0.05, 0.1) is 6.10 Å². The second kappa shape index (κ2) is 12.5. The van der Waals surface area contributed by atoms with Crippen LogP contribution in [-0.4, -0.2) is 92.4 Å². The average molecular weight is 539 g/mol.